The van der Waals surface area contributed by atoms with Gasteiger partial charge in [-0.05, 0) is 58.8 Å². The molecule has 0 amide bonds. The smallest absolute Gasteiger partial charge is 0.100 e. The summed E-state index contributed by atoms with van der Waals surface area (Å²) in [5.41, 5.74) is 1.80. The van der Waals surface area contributed by atoms with Crippen LogP contribution in [0.3, 0.4) is 0 Å². The lowest BCUT2D eigenvalue weighted by Gasteiger charge is -2.35. The van der Waals surface area contributed by atoms with Crippen LogP contribution in [-0.4, -0.2) is 6.04 Å². The normalized spacial score (nSPS) is 23.1. The van der Waals surface area contributed by atoms with Gasteiger partial charge in [-0.25, -0.2) is 0 Å². The molecule has 1 aliphatic rings. The lowest BCUT2D eigenvalue weighted by molar-refractivity contribution is 0.254. The number of rotatable bonds is 3. The first-order valence-corrected chi connectivity index (χ1v) is 7.87. The molecule has 2 atom stereocenters. The van der Waals surface area contributed by atoms with Gasteiger partial charge in [-0.2, -0.15) is 5.26 Å². The molecule has 0 spiro atoms. The molecule has 0 aliphatic heterocycles. The van der Waals surface area contributed by atoms with Crippen molar-refractivity contribution in [1.29, 1.82) is 5.26 Å². The summed E-state index contributed by atoms with van der Waals surface area (Å²) in [6.45, 7) is 4.64. The van der Waals surface area contributed by atoms with Crippen molar-refractivity contribution < 1.29 is 0 Å². The third-order valence-electron chi connectivity index (χ3n) is 4.12. The first-order chi connectivity index (χ1) is 9.11. The number of nitrogens with zero attached hydrogens (tertiary/aromatic N) is 1. The maximum atomic E-state index is 8.95. The van der Waals surface area contributed by atoms with E-state index in [2.05, 4.69) is 41.2 Å². The van der Waals surface area contributed by atoms with Gasteiger partial charge in [0.05, 0.1) is 5.56 Å². The van der Waals surface area contributed by atoms with Gasteiger partial charge in [0.25, 0.3) is 0 Å². The molecule has 0 aromatic heterocycles. The molecule has 1 N–H and O–H groups in total. The SMILES string of the molecule is CC(C)C1CCCCC1Nc1ccc(C#N)c(Br)c1. The first-order valence-electron chi connectivity index (χ1n) is 7.08. The molecule has 3 heteroatoms. The van der Waals surface area contributed by atoms with Crippen molar-refractivity contribution in [2.75, 3.05) is 5.32 Å². The van der Waals surface area contributed by atoms with Crippen LogP contribution in [0.2, 0.25) is 0 Å². The number of nitrogens with one attached hydrogen (secondary N) is 1. The number of benzene rings is 1. The summed E-state index contributed by atoms with van der Waals surface area (Å²) in [6, 6.07) is 8.64. The van der Waals surface area contributed by atoms with E-state index in [1.807, 2.05) is 18.2 Å². The predicted octanol–water partition coefficient (Wildman–Crippen LogP) is 4.95. The van der Waals surface area contributed by atoms with E-state index in [-0.39, 0.29) is 0 Å². The zero-order valence-electron chi connectivity index (χ0n) is 11.6. The standard InChI is InChI=1S/C16H21BrN2/c1-11(2)14-5-3-4-6-16(14)19-13-8-7-12(10-18)15(17)9-13/h7-9,11,14,16,19H,3-6H2,1-2H3. The molecule has 0 heterocycles. The Bertz CT molecular complexity index is 476. The van der Waals surface area contributed by atoms with Crippen molar-refractivity contribution in [3.8, 4) is 6.07 Å². The third kappa shape index (κ3) is 3.51. The third-order valence-corrected chi connectivity index (χ3v) is 4.77. The van der Waals surface area contributed by atoms with Gasteiger partial charge in [0, 0.05) is 16.2 Å². The molecule has 19 heavy (non-hydrogen) atoms. The van der Waals surface area contributed by atoms with Gasteiger partial charge in [0.1, 0.15) is 6.07 Å². The van der Waals surface area contributed by atoms with Gasteiger partial charge in [0.2, 0.25) is 0 Å². The summed E-state index contributed by atoms with van der Waals surface area (Å²) in [7, 11) is 0. The van der Waals surface area contributed by atoms with Crippen molar-refractivity contribution in [3.63, 3.8) is 0 Å². The molecule has 2 unspecified atom stereocenters. The maximum Gasteiger partial charge on any atom is 0.100 e. The highest BCUT2D eigenvalue weighted by atomic mass is 79.9. The Hall–Kier alpha value is -1.01. The average molecular weight is 321 g/mol. The number of hydrogen-bond donors (Lipinski definition) is 1. The highest BCUT2D eigenvalue weighted by molar-refractivity contribution is 9.10. The van der Waals surface area contributed by atoms with Crippen LogP contribution >= 0.6 is 15.9 Å². The Balaban J connectivity index is 2.11. The monoisotopic (exact) mass is 320 g/mol. The van der Waals surface area contributed by atoms with Crippen molar-refractivity contribution in [3.05, 3.63) is 28.2 Å². The number of nitriles is 1. The molecule has 1 fully saturated rings. The van der Waals surface area contributed by atoms with Gasteiger partial charge < -0.3 is 5.32 Å². The number of halogens is 1. The summed E-state index contributed by atoms with van der Waals surface area (Å²) in [6.07, 6.45) is 5.25. The topological polar surface area (TPSA) is 35.8 Å². The van der Waals surface area contributed by atoms with Gasteiger partial charge in [-0.1, -0.05) is 26.7 Å². The van der Waals surface area contributed by atoms with Crippen LogP contribution in [0.1, 0.15) is 45.1 Å². The fraction of sp³-hybridized carbons (Fsp3) is 0.562. The van der Waals surface area contributed by atoms with Gasteiger partial charge in [-0.15, -0.1) is 0 Å². The fourth-order valence-corrected chi connectivity index (χ4v) is 3.51. The summed E-state index contributed by atoms with van der Waals surface area (Å²) >= 11 is 3.45. The highest BCUT2D eigenvalue weighted by Crippen LogP contribution is 2.33. The second-order valence-corrected chi connectivity index (χ2v) is 6.60. The average Bonchev–Trinajstić information content (AvgIpc) is 2.39. The van der Waals surface area contributed by atoms with Crippen molar-refractivity contribution >= 4 is 21.6 Å². The zero-order valence-corrected chi connectivity index (χ0v) is 13.2. The second-order valence-electron chi connectivity index (χ2n) is 5.75. The second kappa shape index (κ2) is 6.43. The maximum absolute atomic E-state index is 8.95. The molecule has 102 valence electrons. The minimum absolute atomic E-state index is 0.564. The zero-order chi connectivity index (χ0) is 13.8. The molecule has 2 rings (SSSR count). The van der Waals surface area contributed by atoms with Crippen LogP contribution in [0.5, 0.6) is 0 Å². The summed E-state index contributed by atoms with van der Waals surface area (Å²) in [4.78, 5) is 0. The molecule has 0 bridgehead atoms. The van der Waals surface area contributed by atoms with E-state index in [4.69, 9.17) is 5.26 Å². The minimum Gasteiger partial charge on any atom is -0.382 e. The van der Waals surface area contributed by atoms with Crippen LogP contribution in [-0.2, 0) is 0 Å². The van der Waals surface area contributed by atoms with Crippen LogP contribution in [0.4, 0.5) is 5.69 Å². The van der Waals surface area contributed by atoms with E-state index in [0.717, 1.165) is 22.0 Å². The van der Waals surface area contributed by atoms with Gasteiger partial charge in [-0.3, -0.25) is 0 Å². The van der Waals surface area contributed by atoms with E-state index in [1.165, 1.54) is 25.7 Å². The molecule has 1 saturated carbocycles. The first kappa shape index (κ1) is 14.4. The van der Waals surface area contributed by atoms with E-state index >= 15 is 0 Å². The number of hydrogen-bond acceptors (Lipinski definition) is 2. The quantitative estimate of drug-likeness (QED) is 0.855. The lowest BCUT2D eigenvalue weighted by Crippen LogP contribution is -2.35. The van der Waals surface area contributed by atoms with Crippen molar-refractivity contribution in [1.82, 2.24) is 0 Å². The Kier molecular flexibility index (Phi) is 4.87. The molecular formula is C16H21BrN2. The Morgan fingerprint density at radius 1 is 1.32 bits per heavy atom. The van der Waals surface area contributed by atoms with E-state index in [9.17, 15) is 0 Å². The predicted molar refractivity (Wildman–Crippen MR) is 83.1 cm³/mol. The van der Waals surface area contributed by atoms with Gasteiger partial charge >= 0.3 is 0 Å². The molecule has 1 aromatic rings. The molecule has 1 aliphatic carbocycles. The van der Waals surface area contributed by atoms with Crippen LogP contribution in [0.15, 0.2) is 22.7 Å². The van der Waals surface area contributed by atoms with E-state index in [1.54, 1.807) is 0 Å². The molecule has 2 nitrogen and oxygen atoms in total. The largest absolute Gasteiger partial charge is 0.382 e. The van der Waals surface area contributed by atoms with Crippen LogP contribution in [0.25, 0.3) is 0 Å². The molecule has 1 aromatic carbocycles. The lowest BCUT2D eigenvalue weighted by atomic mass is 9.78. The Morgan fingerprint density at radius 2 is 2.05 bits per heavy atom. The molecule has 0 radical (unpaired) electrons. The van der Waals surface area contributed by atoms with Crippen LogP contribution < -0.4 is 5.32 Å². The van der Waals surface area contributed by atoms with Crippen molar-refractivity contribution in [2.45, 2.75) is 45.6 Å². The minimum atomic E-state index is 0.564. The van der Waals surface area contributed by atoms with E-state index in [0.29, 0.717) is 11.6 Å². The summed E-state index contributed by atoms with van der Waals surface area (Å²) in [5.74, 6) is 1.47. The fourth-order valence-electron chi connectivity index (χ4n) is 3.05. The van der Waals surface area contributed by atoms with E-state index < -0.39 is 0 Å². The highest BCUT2D eigenvalue weighted by Gasteiger charge is 2.27. The Morgan fingerprint density at radius 3 is 2.68 bits per heavy atom. The summed E-state index contributed by atoms with van der Waals surface area (Å²) in [5, 5.41) is 12.6. The summed E-state index contributed by atoms with van der Waals surface area (Å²) < 4.78 is 0.872. The Labute approximate surface area is 124 Å². The molecular weight excluding hydrogens is 300 g/mol. The van der Waals surface area contributed by atoms with Crippen molar-refractivity contribution in [2.24, 2.45) is 11.8 Å². The number of anilines is 1. The molecule has 0 saturated heterocycles. The van der Waals surface area contributed by atoms with Crippen LogP contribution in [0, 0.1) is 23.2 Å². The van der Waals surface area contributed by atoms with Gasteiger partial charge in [0.15, 0.2) is 0 Å².